The Labute approximate surface area is 133 Å². The first-order chi connectivity index (χ1) is 10.9. The Morgan fingerprint density at radius 1 is 1.22 bits per heavy atom. The summed E-state index contributed by atoms with van der Waals surface area (Å²) in [6.07, 6.45) is 3.22. The van der Waals surface area contributed by atoms with Crippen LogP contribution in [0.1, 0.15) is 32.1 Å². The van der Waals surface area contributed by atoms with E-state index in [1.54, 1.807) is 0 Å². The van der Waals surface area contributed by atoms with Crippen LogP contribution in [0.15, 0.2) is 40.9 Å². The van der Waals surface area contributed by atoms with Gasteiger partial charge in [-0.3, -0.25) is 4.99 Å². The number of hydrogen-bond donors (Lipinski definition) is 2. The quantitative estimate of drug-likeness (QED) is 0.484. The first-order valence-corrected chi connectivity index (χ1v) is 7.53. The zero-order valence-electron chi connectivity index (χ0n) is 12.7. The molecule has 0 spiro atoms. The Bertz CT molecular complexity index is 565. The van der Waals surface area contributed by atoms with Crippen LogP contribution >= 0.6 is 0 Å². The van der Waals surface area contributed by atoms with E-state index in [-0.39, 0.29) is 11.7 Å². The number of allylic oxidation sites excluding steroid dienone is 1. The Morgan fingerprint density at radius 3 is 2.57 bits per heavy atom. The van der Waals surface area contributed by atoms with E-state index in [9.17, 15) is 13.2 Å². The largest absolute Gasteiger partial charge is 0.573 e. The fourth-order valence-corrected chi connectivity index (χ4v) is 2.38. The van der Waals surface area contributed by atoms with Gasteiger partial charge in [0.05, 0.1) is 0 Å². The Hall–Kier alpha value is -2.18. The SMILES string of the molecule is NC(=NCCC1=CCCCC1)Nc1ccc(OC(F)(F)F)cc1. The third kappa shape index (κ3) is 6.63. The molecule has 23 heavy (non-hydrogen) atoms. The van der Waals surface area contributed by atoms with Gasteiger partial charge in [-0.2, -0.15) is 0 Å². The molecule has 0 unspecified atom stereocenters. The predicted octanol–water partition coefficient (Wildman–Crippen LogP) is 4.20. The highest BCUT2D eigenvalue weighted by Crippen LogP contribution is 2.24. The Morgan fingerprint density at radius 2 is 1.96 bits per heavy atom. The molecule has 0 amide bonds. The molecule has 1 aromatic carbocycles. The number of anilines is 1. The van der Waals surface area contributed by atoms with Gasteiger partial charge in [-0.25, -0.2) is 0 Å². The second-order valence-electron chi connectivity index (χ2n) is 5.32. The molecule has 1 aliphatic carbocycles. The first-order valence-electron chi connectivity index (χ1n) is 7.53. The lowest BCUT2D eigenvalue weighted by molar-refractivity contribution is -0.274. The van der Waals surface area contributed by atoms with Crippen molar-refractivity contribution >= 4 is 11.6 Å². The van der Waals surface area contributed by atoms with Crippen LogP contribution < -0.4 is 15.8 Å². The molecule has 0 aromatic heterocycles. The standard InChI is InChI=1S/C16H20F3N3O/c17-16(18,19)23-14-8-6-13(7-9-14)22-15(20)21-11-10-12-4-2-1-3-5-12/h4,6-9H,1-3,5,10-11H2,(H3,20,21,22). The van der Waals surface area contributed by atoms with Crippen molar-refractivity contribution in [2.75, 3.05) is 11.9 Å². The van der Waals surface area contributed by atoms with E-state index >= 15 is 0 Å². The molecule has 4 nitrogen and oxygen atoms in total. The van der Waals surface area contributed by atoms with Crippen LogP contribution in [0.25, 0.3) is 0 Å². The number of alkyl halides is 3. The van der Waals surface area contributed by atoms with Crippen LogP contribution in [-0.4, -0.2) is 18.9 Å². The van der Waals surface area contributed by atoms with E-state index in [2.05, 4.69) is 21.1 Å². The van der Waals surface area contributed by atoms with Crippen LogP contribution in [0.2, 0.25) is 0 Å². The molecule has 3 N–H and O–H groups in total. The van der Waals surface area contributed by atoms with Gasteiger partial charge in [0, 0.05) is 12.2 Å². The number of hydrogen-bond acceptors (Lipinski definition) is 2. The van der Waals surface area contributed by atoms with Gasteiger partial charge in [-0.1, -0.05) is 11.6 Å². The minimum Gasteiger partial charge on any atom is -0.406 e. The van der Waals surface area contributed by atoms with Crippen molar-refractivity contribution in [1.29, 1.82) is 0 Å². The third-order valence-electron chi connectivity index (χ3n) is 3.46. The normalized spacial score (nSPS) is 16.0. The third-order valence-corrected chi connectivity index (χ3v) is 3.46. The van der Waals surface area contributed by atoms with Gasteiger partial charge in [-0.15, -0.1) is 13.2 Å². The second-order valence-corrected chi connectivity index (χ2v) is 5.32. The van der Waals surface area contributed by atoms with E-state index in [0.29, 0.717) is 12.2 Å². The van der Waals surface area contributed by atoms with Gasteiger partial charge in [-0.05, 0) is 56.4 Å². The molecule has 0 saturated heterocycles. The van der Waals surface area contributed by atoms with Crippen molar-refractivity contribution < 1.29 is 17.9 Å². The van der Waals surface area contributed by atoms with Crippen LogP contribution in [-0.2, 0) is 0 Å². The molecule has 0 radical (unpaired) electrons. The average Bonchev–Trinajstić information content (AvgIpc) is 2.49. The average molecular weight is 327 g/mol. The zero-order valence-corrected chi connectivity index (χ0v) is 12.7. The van der Waals surface area contributed by atoms with Crippen LogP contribution in [0.3, 0.4) is 0 Å². The van der Waals surface area contributed by atoms with E-state index in [0.717, 1.165) is 19.3 Å². The number of halogens is 3. The molecule has 1 aromatic rings. The van der Waals surface area contributed by atoms with Gasteiger partial charge >= 0.3 is 6.36 Å². The van der Waals surface area contributed by atoms with Gasteiger partial charge in [0.1, 0.15) is 5.75 Å². The van der Waals surface area contributed by atoms with Crippen molar-refractivity contribution in [3.05, 3.63) is 35.9 Å². The summed E-state index contributed by atoms with van der Waals surface area (Å²) < 4.78 is 40.0. The summed E-state index contributed by atoms with van der Waals surface area (Å²) in [4.78, 5) is 4.23. The van der Waals surface area contributed by atoms with Gasteiger partial charge in [0.25, 0.3) is 0 Å². The number of ether oxygens (including phenoxy) is 1. The van der Waals surface area contributed by atoms with Crippen molar-refractivity contribution in [2.24, 2.45) is 10.7 Å². The molecule has 7 heteroatoms. The summed E-state index contributed by atoms with van der Waals surface area (Å²) in [5, 5.41) is 2.84. The summed E-state index contributed by atoms with van der Waals surface area (Å²) in [6.45, 7) is 0.597. The Kier molecular flexibility index (Phi) is 5.90. The monoisotopic (exact) mass is 327 g/mol. The number of rotatable bonds is 5. The van der Waals surface area contributed by atoms with Crippen LogP contribution in [0, 0.1) is 0 Å². The minimum absolute atomic E-state index is 0.242. The van der Waals surface area contributed by atoms with Crippen molar-refractivity contribution in [1.82, 2.24) is 0 Å². The van der Waals surface area contributed by atoms with Crippen LogP contribution in [0.4, 0.5) is 18.9 Å². The lowest BCUT2D eigenvalue weighted by atomic mass is 9.97. The fraction of sp³-hybridized carbons (Fsp3) is 0.438. The smallest absolute Gasteiger partial charge is 0.406 e. The fourth-order valence-electron chi connectivity index (χ4n) is 2.38. The van der Waals surface area contributed by atoms with Crippen molar-refractivity contribution in [3.63, 3.8) is 0 Å². The van der Waals surface area contributed by atoms with Crippen molar-refractivity contribution in [2.45, 2.75) is 38.5 Å². The maximum Gasteiger partial charge on any atom is 0.573 e. The van der Waals surface area contributed by atoms with E-state index in [1.165, 1.54) is 42.7 Å². The van der Waals surface area contributed by atoms with Gasteiger partial charge in [0.15, 0.2) is 5.96 Å². The second kappa shape index (κ2) is 7.89. The molecule has 0 fully saturated rings. The molecule has 2 rings (SSSR count). The van der Waals surface area contributed by atoms with Crippen LogP contribution in [0.5, 0.6) is 5.75 Å². The molecule has 126 valence electrons. The number of nitrogens with two attached hydrogens (primary N) is 1. The lowest BCUT2D eigenvalue weighted by Crippen LogP contribution is -2.23. The summed E-state index contributed by atoms with van der Waals surface area (Å²) in [5.74, 6) is -0.0336. The molecule has 0 atom stereocenters. The van der Waals surface area contributed by atoms with E-state index in [1.807, 2.05) is 0 Å². The predicted molar refractivity (Wildman–Crippen MR) is 84.4 cm³/mol. The molecular weight excluding hydrogens is 307 g/mol. The maximum absolute atomic E-state index is 12.1. The zero-order chi connectivity index (χ0) is 16.7. The first kappa shape index (κ1) is 17.2. The topological polar surface area (TPSA) is 59.6 Å². The molecule has 0 saturated carbocycles. The van der Waals surface area contributed by atoms with Gasteiger partial charge < -0.3 is 15.8 Å². The number of benzene rings is 1. The number of aliphatic imine (C=N–C) groups is 1. The maximum atomic E-state index is 12.1. The molecule has 0 aliphatic heterocycles. The molecule has 0 heterocycles. The lowest BCUT2D eigenvalue weighted by Gasteiger charge is -2.12. The summed E-state index contributed by atoms with van der Waals surface area (Å²) in [6, 6.07) is 5.34. The van der Waals surface area contributed by atoms with Gasteiger partial charge in [0.2, 0.25) is 0 Å². The molecule has 0 bridgehead atoms. The molecule has 1 aliphatic rings. The summed E-state index contributed by atoms with van der Waals surface area (Å²) in [7, 11) is 0. The Balaban J connectivity index is 1.81. The molecular formula is C16H20F3N3O. The highest BCUT2D eigenvalue weighted by atomic mass is 19.4. The number of nitrogens with zero attached hydrogens (tertiary/aromatic N) is 1. The van der Waals surface area contributed by atoms with E-state index < -0.39 is 6.36 Å². The summed E-state index contributed by atoms with van der Waals surface area (Å²) in [5.41, 5.74) is 7.74. The van der Waals surface area contributed by atoms with E-state index in [4.69, 9.17) is 5.73 Å². The number of nitrogens with one attached hydrogen (secondary N) is 1. The summed E-state index contributed by atoms with van der Waals surface area (Å²) >= 11 is 0. The highest BCUT2D eigenvalue weighted by Gasteiger charge is 2.30. The van der Waals surface area contributed by atoms with Crippen molar-refractivity contribution in [3.8, 4) is 5.75 Å². The minimum atomic E-state index is -4.69. The number of guanidine groups is 1. The highest BCUT2D eigenvalue weighted by molar-refractivity contribution is 5.92.